The van der Waals surface area contributed by atoms with Gasteiger partial charge in [-0.25, -0.2) is 13.4 Å². The highest BCUT2D eigenvalue weighted by molar-refractivity contribution is 7.91. The minimum atomic E-state index is -3.15. The number of nitrogens with zero attached hydrogens (tertiary/aromatic N) is 1. The van der Waals surface area contributed by atoms with Crippen molar-refractivity contribution in [3.05, 3.63) is 42.1 Å². The van der Waals surface area contributed by atoms with Gasteiger partial charge in [-0.1, -0.05) is 6.92 Å². The van der Waals surface area contributed by atoms with Gasteiger partial charge in [0.25, 0.3) is 0 Å². The van der Waals surface area contributed by atoms with Crippen LogP contribution in [0.2, 0.25) is 0 Å². The van der Waals surface area contributed by atoms with Crippen LogP contribution in [0.25, 0.3) is 0 Å². The molecule has 1 unspecified atom stereocenters. The number of rotatable bonds is 5. The molecule has 0 aliphatic carbocycles. The SMILES string of the molecule is CCS(=O)(=O)c1ccc(NC(C)c2ncc(C)o2)cc1. The Hall–Kier alpha value is -1.82. The lowest BCUT2D eigenvalue weighted by Crippen LogP contribution is -2.07. The van der Waals surface area contributed by atoms with Crippen LogP contribution in [0.3, 0.4) is 0 Å². The molecule has 0 saturated heterocycles. The number of aromatic nitrogens is 1. The molecule has 0 radical (unpaired) electrons. The molecule has 0 aliphatic heterocycles. The van der Waals surface area contributed by atoms with E-state index in [-0.39, 0.29) is 11.8 Å². The van der Waals surface area contributed by atoms with E-state index in [1.54, 1.807) is 37.4 Å². The van der Waals surface area contributed by atoms with Gasteiger partial charge in [0.15, 0.2) is 9.84 Å². The number of hydrogen-bond donors (Lipinski definition) is 1. The molecule has 2 aromatic rings. The summed E-state index contributed by atoms with van der Waals surface area (Å²) < 4.78 is 28.9. The van der Waals surface area contributed by atoms with Gasteiger partial charge >= 0.3 is 0 Å². The Morgan fingerprint density at radius 2 is 1.95 bits per heavy atom. The van der Waals surface area contributed by atoms with E-state index < -0.39 is 9.84 Å². The van der Waals surface area contributed by atoms with Crippen molar-refractivity contribution in [2.45, 2.75) is 31.7 Å². The molecule has 20 heavy (non-hydrogen) atoms. The molecule has 0 saturated carbocycles. The Kier molecular flexibility index (Phi) is 4.13. The van der Waals surface area contributed by atoms with Crippen LogP contribution in [0.15, 0.2) is 39.8 Å². The number of sulfone groups is 1. The highest BCUT2D eigenvalue weighted by Crippen LogP contribution is 2.21. The Bertz CT molecular complexity index is 675. The predicted molar refractivity (Wildman–Crippen MR) is 77.4 cm³/mol. The molecule has 0 fully saturated rings. The second kappa shape index (κ2) is 5.66. The Labute approximate surface area is 119 Å². The van der Waals surface area contributed by atoms with Crippen LogP contribution >= 0.6 is 0 Å². The number of aryl methyl sites for hydroxylation is 1. The minimum absolute atomic E-state index is 0.0858. The molecule has 2 rings (SSSR count). The van der Waals surface area contributed by atoms with Gasteiger partial charge in [0.1, 0.15) is 11.8 Å². The van der Waals surface area contributed by atoms with Crippen LogP contribution in [-0.2, 0) is 9.84 Å². The minimum Gasteiger partial charge on any atom is -0.444 e. The fourth-order valence-corrected chi connectivity index (χ4v) is 2.69. The summed E-state index contributed by atoms with van der Waals surface area (Å²) in [5.74, 6) is 1.47. The van der Waals surface area contributed by atoms with Crippen LogP contribution in [0.4, 0.5) is 5.69 Å². The summed E-state index contributed by atoms with van der Waals surface area (Å²) in [6.45, 7) is 5.41. The van der Waals surface area contributed by atoms with E-state index in [9.17, 15) is 8.42 Å². The predicted octanol–water partition coefficient (Wildman–Crippen LogP) is 2.95. The molecular formula is C14H18N2O3S. The highest BCUT2D eigenvalue weighted by Gasteiger charge is 2.13. The van der Waals surface area contributed by atoms with Crippen molar-refractivity contribution in [1.29, 1.82) is 0 Å². The summed E-state index contributed by atoms with van der Waals surface area (Å²) in [6, 6.07) is 6.62. The molecule has 1 aromatic carbocycles. The van der Waals surface area contributed by atoms with E-state index in [1.807, 2.05) is 13.8 Å². The molecule has 1 aromatic heterocycles. The maximum Gasteiger partial charge on any atom is 0.216 e. The van der Waals surface area contributed by atoms with Gasteiger partial charge in [-0.2, -0.15) is 0 Å². The quantitative estimate of drug-likeness (QED) is 0.918. The molecule has 1 heterocycles. The second-order valence-corrected chi connectivity index (χ2v) is 6.88. The van der Waals surface area contributed by atoms with Gasteiger partial charge in [0.05, 0.1) is 16.8 Å². The largest absolute Gasteiger partial charge is 0.444 e. The standard InChI is InChI=1S/C14H18N2O3S/c1-4-20(17,18)13-7-5-12(6-8-13)16-11(3)14-15-9-10(2)19-14/h5-9,11,16H,4H2,1-3H3. The number of benzene rings is 1. The van der Waals surface area contributed by atoms with Crippen molar-refractivity contribution in [3.8, 4) is 0 Å². The molecule has 0 bridgehead atoms. The van der Waals surface area contributed by atoms with E-state index >= 15 is 0 Å². The van der Waals surface area contributed by atoms with Crippen LogP contribution in [-0.4, -0.2) is 19.2 Å². The topological polar surface area (TPSA) is 72.2 Å². The van der Waals surface area contributed by atoms with Gasteiger partial charge in [-0.05, 0) is 38.1 Å². The first kappa shape index (κ1) is 14.6. The van der Waals surface area contributed by atoms with Gasteiger partial charge in [-0.15, -0.1) is 0 Å². The van der Waals surface area contributed by atoms with E-state index in [0.29, 0.717) is 10.8 Å². The summed E-state index contributed by atoms with van der Waals surface area (Å²) >= 11 is 0. The van der Waals surface area contributed by atoms with Gasteiger partial charge < -0.3 is 9.73 Å². The molecule has 1 N–H and O–H groups in total. The maximum atomic E-state index is 11.7. The first-order valence-corrected chi connectivity index (χ1v) is 8.09. The lowest BCUT2D eigenvalue weighted by atomic mass is 10.2. The number of anilines is 1. The third-order valence-electron chi connectivity index (χ3n) is 2.99. The third kappa shape index (κ3) is 3.19. The first-order chi connectivity index (χ1) is 9.42. The zero-order valence-electron chi connectivity index (χ0n) is 11.8. The molecule has 0 amide bonds. The first-order valence-electron chi connectivity index (χ1n) is 6.44. The zero-order chi connectivity index (χ0) is 14.8. The van der Waals surface area contributed by atoms with E-state index in [2.05, 4.69) is 10.3 Å². The summed E-state index contributed by atoms with van der Waals surface area (Å²) in [5.41, 5.74) is 0.823. The summed E-state index contributed by atoms with van der Waals surface area (Å²) in [6.07, 6.45) is 1.67. The van der Waals surface area contributed by atoms with Gasteiger partial charge in [0.2, 0.25) is 5.89 Å². The molecule has 0 spiro atoms. The number of oxazole rings is 1. The van der Waals surface area contributed by atoms with Crippen molar-refractivity contribution in [3.63, 3.8) is 0 Å². The van der Waals surface area contributed by atoms with Crippen molar-refractivity contribution in [2.24, 2.45) is 0 Å². The van der Waals surface area contributed by atoms with Crippen molar-refractivity contribution >= 4 is 15.5 Å². The summed E-state index contributed by atoms with van der Waals surface area (Å²) in [7, 11) is -3.15. The molecule has 0 aliphatic rings. The number of hydrogen-bond acceptors (Lipinski definition) is 5. The Morgan fingerprint density at radius 3 is 2.45 bits per heavy atom. The molecule has 6 heteroatoms. The lowest BCUT2D eigenvalue weighted by molar-refractivity contribution is 0.453. The fourth-order valence-electron chi connectivity index (χ4n) is 1.81. The van der Waals surface area contributed by atoms with Crippen molar-refractivity contribution < 1.29 is 12.8 Å². The molecule has 108 valence electrons. The summed E-state index contributed by atoms with van der Waals surface area (Å²) in [4.78, 5) is 4.50. The van der Waals surface area contributed by atoms with Crippen LogP contribution in [0, 0.1) is 6.92 Å². The second-order valence-electron chi connectivity index (χ2n) is 4.60. The van der Waals surface area contributed by atoms with Crippen molar-refractivity contribution in [1.82, 2.24) is 4.98 Å². The highest BCUT2D eigenvalue weighted by atomic mass is 32.2. The average Bonchev–Trinajstić information content (AvgIpc) is 2.86. The van der Waals surface area contributed by atoms with Crippen LogP contribution in [0.5, 0.6) is 0 Å². The monoisotopic (exact) mass is 294 g/mol. The Balaban J connectivity index is 2.11. The zero-order valence-corrected chi connectivity index (χ0v) is 12.6. The van der Waals surface area contributed by atoms with Gasteiger partial charge in [0, 0.05) is 5.69 Å². The summed E-state index contributed by atoms with van der Waals surface area (Å²) in [5, 5.41) is 3.22. The average molecular weight is 294 g/mol. The third-order valence-corrected chi connectivity index (χ3v) is 4.74. The smallest absolute Gasteiger partial charge is 0.216 e. The van der Waals surface area contributed by atoms with Crippen LogP contribution < -0.4 is 5.32 Å². The molecule has 1 atom stereocenters. The van der Waals surface area contributed by atoms with Crippen LogP contribution in [0.1, 0.15) is 31.5 Å². The molecular weight excluding hydrogens is 276 g/mol. The van der Waals surface area contributed by atoms with E-state index in [0.717, 1.165) is 11.4 Å². The van der Waals surface area contributed by atoms with E-state index in [4.69, 9.17) is 4.42 Å². The number of nitrogens with one attached hydrogen (secondary N) is 1. The van der Waals surface area contributed by atoms with Crippen molar-refractivity contribution in [2.75, 3.05) is 11.1 Å². The Morgan fingerprint density at radius 1 is 1.30 bits per heavy atom. The van der Waals surface area contributed by atoms with Gasteiger partial charge in [-0.3, -0.25) is 0 Å². The maximum absolute atomic E-state index is 11.7. The van der Waals surface area contributed by atoms with E-state index in [1.165, 1.54) is 0 Å². The normalized spacial score (nSPS) is 13.2. The molecule has 5 nitrogen and oxygen atoms in total. The lowest BCUT2D eigenvalue weighted by Gasteiger charge is -2.12. The fraction of sp³-hybridized carbons (Fsp3) is 0.357.